The molecule has 0 fully saturated rings. The van der Waals surface area contributed by atoms with Gasteiger partial charge in [0, 0.05) is 24.8 Å². The number of halogens is 1. The van der Waals surface area contributed by atoms with E-state index >= 15 is 0 Å². The summed E-state index contributed by atoms with van der Waals surface area (Å²) in [5.41, 5.74) is 1.08. The van der Waals surface area contributed by atoms with E-state index in [9.17, 15) is 0 Å². The lowest BCUT2D eigenvalue weighted by Gasteiger charge is -1.94. The maximum absolute atomic E-state index is 4.10. The van der Waals surface area contributed by atoms with Crippen molar-refractivity contribution < 1.29 is 0 Å². The molecule has 0 bridgehead atoms. The second-order valence-corrected chi connectivity index (χ2v) is 3.18. The largest absolute Gasteiger partial charge is 0.267 e. The molecule has 2 aromatic heterocycles. The molecule has 0 aliphatic rings. The Kier molecular flexibility index (Phi) is 1.42. The van der Waals surface area contributed by atoms with Gasteiger partial charge in [-0.25, -0.2) is 0 Å². The van der Waals surface area contributed by atoms with E-state index in [0.29, 0.717) is 0 Å². The number of aryl methyl sites for hydroxylation is 1. The van der Waals surface area contributed by atoms with Crippen LogP contribution in [0.2, 0.25) is 0 Å². The highest BCUT2D eigenvalue weighted by molar-refractivity contribution is 9.10. The molecule has 11 heavy (non-hydrogen) atoms. The van der Waals surface area contributed by atoms with Crippen LogP contribution in [0.4, 0.5) is 0 Å². The molecule has 0 aliphatic carbocycles. The van der Waals surface area contributed by atoms with Crippen molar-refractivity contribution in [3.63, 3.8) is 0 Å². The molecule has 3 nitrogen and oxygen atoms in total. The van der Waals surface area contributed by atoms with E-state index in [1.54, 1.807) is 18.6 Å². The third-order valence-corrected chi connectivity index (χ3v) is 2.18. The minimum absolute atomic E-state index is 0.981. The molecular formula is C7H6BrN3. The first kappa shape index (κ1) is 6.79. The minimum atomic E-state index is 0.981. The molecule has 0 saturated carbocycles. The SMILES string of the molecule is Cn1ncc2cncc(Br)c21. The molecule has 0 aliphatic heterocycles. The van der Waals surface area contributed by atoms with Crippen molar-refractivity contribution >= 4 is 26.8 Å². The minimum Gasteiger partial charge on any atom is -0.267 e. The Balaban J connectivity index is 2.96. The monoisotopic (exact) mass is 211 g/mol. The number of nitrogens with zero attached hydrogens (tertiary/aromatic N) is 3. The van der Waals surface area contributed by atoms with E-state index in [4.69, 9.17) is 0 Å². The van der Waals surface area contributed by atoms with E-state index in [0.717, 1.165) is 15.4 Å². The molecule has 2 heterocycles. The van der Waals surface area contributed by atoms with Gasteiger partial charge in [-0.05, 0) is 15.9 Å². The summed E-state index contributed by atoms with van der Waals surface area (Å²) in [6.07, 6.45) is 5.37. The molecule has 0 saturated heterocycles. The maximum Gasteiger partial charge on any atom is 0.0852 e. The molecule has 4 heteroatoms. The van der Waals surface area contributed by atoms with E-state index < -0.39 is 0 Å². The van der Waals surface area contributed by atoms with Crippen molar-refractivity contribution in [2.75, 3.05) is 0 Å². The van der Waals surface area contributed by atoms with Gasteiger partial charge in [0.15, 0.2) is 0 Å². The summed E-state index contributed by atoms with van der Waals surface area (Å²) in [7, 11) is 1.91. The quantitative estimate of drug-likeness (QED) is 0.665. The summed E-state index contributed by atoms with van der Waals surface area (Å²) < 4.78 is 2.80. The van der Waals surface area contributed by atoms with Gasteiger partial charge in [-0.1, -0.05) is 0 Å². The van der Waals surface area contributed by atoms with Gasteiger partial charge in [0.2, 0.25) is 0 Å². The molecule has 2 aromatic rings. The van der Waals surface area contributed by atoms with Crippen LogP contribution in [0.3, 0.4) is 0 Å². The smallest absolute Gasteiger partial charge is 0.0852 e. The second kappa shape index (κ2) is 2.30. The number of hydrogen-bond acceptors (Lipinski definition) is 2. The number of aromatic nitrogens is 3. The molecular weight excluding hydrogens is 206 g/mol. The number of rotatable bonds is 0. The lowest BCUT2D eigenvalue weighted by atomic mass is 10.3. The highest BCUT2D eigenvalue weighted by Gasteiger charge is 2.01. The van der Waals surface area contributed by atoms with Crippen LogP contribution in [0.1, 0.15) is 0 Å². The predicted molar refractivity (Wildman–Crippen MR) is 46.2 cm³/mol. The highest BCUT2D eigenvalue weighted by Crippen LogP contribution is 2.20. The fraction of sp³-hybridized carbons (Fsp3) is 0.143. The van der Waals surface area contributed by atoms with Crippen molar-refractivity contribution in [3.8, 4) is 0 Å². The Hall–Kier alpha value is -0.900. The highest BCUT2D eigenvalue weighted by atomic mass is 79.9. The summed E-state index contributed by atoms with van der Waals surface area (Å²) in [4.78, 5) is 4.03. The molecule has 0 aromatic carbocycles. The zero-order valence-electron chi connectivity index (χ0n) is 5.95. The number of hydrogen-bond donors (Lipinski definition) is 0. The van der Waals surface area contributed by atoms with Gasteiger partial charge in [-0.3, -0.25) is 9.67 Å². The van der Waals surface area contributed by atoms with Crippen LogP contribution in [0, 0.1) is 0 Å². The van der Waals surface area contributed by atoms with Gasteiger partial charge >= 0.3 is 0 Å². The maximum atomic E-state index is 4.10. The van der Waals surface area contributed by atoms with Gasteiger partial charge in [0.25, 0.3) is 0 Å². The summed E-state index contributed by atoms with van der Waals surface area (Å²) in [6, 6.07) is 0. The lowest BCUT2D eigenvalue weighted by Crippen LogP contribution is -1.89. The predicted octanol–water partition coefficient (Wildman–Crippen LogP) is 1.73. The molecule has 0 radical (unpaired) electrons. The summed E-state index contributed by atoms with van der Waals surface area (Å²) in [6.45, 7) is 0. The van der Waals surface area contributed by atoms with Crippen LogP contribution in [-0.2, 0) is 7.05 Å². The van der Waals surface area contributed by atoms with E-state index in [-0.39, 0.29) is 0 Å². The van der Waals surface area contributed by atoms with E-state index in [1.807, 2.05) is 11.7 Å². The standard InChI is InChI=1S/C7H6BrN3/c1-11-7-5(3-10-11)2-9-4-6(7)8/h2-4H,1H3. The molecule has 0 atom stereocenters. The fourth-order valence-electron chi connectivity index (χ4n) is 1.09. The van der Waals surface area contributed by atoms with Gasteiger partial charge < -0.3 is 0 Å². The zero-order valence-corrected chi connectivity index (χ0v) is 7.54. The van der Waals surface area contributed by atoms with E-state index in [2.05, 4.69) is 26.0 Å². The average Bonchev–Trinajstić information content (AvgIpc) is 2.34. The summed E-state index contributed by atoms with van der Waals surface area (Å²) in [5.74, 6) is 0. The second-order valence-electron chi connectivity index (χ2n) is 2.33. The van der Waals surface area contributed by atoms with Crippen LogP contribution in [0.15, 0.2) is 23.1 Å². The Morgan fingerprint density at radius 1 is 1.36 bits per heavy atom. The van der Waals surface area contributed by atoms with Crippen LogP contribution in [-0.4, -0.2) is 14.8 Å². The molecule has 0 unspecified atom stereocenters. The van der Waals surface area contributed by atoms with Crippen molar-refractivity contribution in [2.24, 2.45) is 7.05 Å². The molecule has 2 rings (SSSR count). The zero-order chi connectivity index (χ0) is 7.84. The van der Waals surface area contributed by atoms with Crippen molar-refractivity contribution in [1.82, 2.24) is 14.8 Å². The van der Waals surface area contributed by atoms with Crippen LogP contribution >= 0.6 is 15.9 Å². The first-order valence-electron chi connectivity index (χ1n) is 3.20. The number of pyridine rings is 1. The molecule has 0 spiro atoms. The number of fused-ring (bicyclic) bond motifs is 1. The van der Waals surface area contributed by atoms with Gasteiger partial charge in [0.1, 0.15) is 0 Å². The third kappa shape index (κ3) is 0.939. The fourth-order valence-corrected chi connectivity index (χ4v) is 1.69. The average molecular weight is 212 g/mol. The Morgan fingerprint density at radius 2 is 2.18 bits per heavy atom. The third-order valence-electron chi connectivity index (χ3n) is 1.59. The van der Waals surface area contributed by atoms with Gasteiger partial charge in [-0.2, -0.15) is 5.10 Å². The van der Waals surface area contributed by atoms with Crippen molar-refractivity contribution in [2.45, 2.75) is 0 Å². The van der Waals surface area contributed by atoms with E-state index in [1.165, 1.54) is 0 Å². The molecule has 56 valence electrons. The van der Waals surface area contributed by atoms with Crippen molar-refractivity contribution in [3.05, 3.63) is 23.1 Å². The van der Waals surface area contributed by atoms with Crippen LogP contribution in [0.5, 0.6) is 0 Å². The van der Waals surface area contributed by atoms with Crippen molar-refractivity contribution in [1.29, 1.82) is 0 Å². The summed E-state index contributed by atoms with van der Waals surface area (Å²) in [5, 5.41) is 5.16. The Labute approximate surface area is 72.2 Å². The normalized spacial score (nSPS) is 10.7. The summed E-state index contributed by atoms with van der Waals surface area (Å²) >= 11 is 3.40. The van der Waals surface area contributed by atoms with Gasteiger partial charge in [0.05, 0.1) is 16.2 Å². The Morgan fingerprint density at radius 3 is 2.91 bits per heavy atom. The Bertz CT molecular complexity index is 393. The first-order valence-corrected chi connectivity index (χ1v) is 3.99. The molecule has 0 N–H and O–H groups in total. The molecule has 0 amide bonds. The van der Waals surface area contributed by atoms with Crippen LogP contribution < -0.4 is 0 Å². The van der Waals surface area contributed by atoms with Crippen LogP contribution in [0.25, 0.3) is 10.9 Å². The van der Waals surface area contributed by atoms with Gasteiger partial charge in [-0.15, -0.1) is 0 Å². The topological polar surface area (TPSA) is 30.7 Å². The first-order chi connectivity index (χ1) is 5.29. The lowest BCUT2D eigenvalue weighted by molar-refractivity contribution is 0.795.